The number of carbonyl (C=O) groups excluding carboxylic acids is 1. The number of likely N-dealkylation sites (N-methyl/N-ethyl adjacent to an activating group) is 1. The number of aromatic nitrogens is 2. The molecular formula is C22H21F2N5O2. The molecule has 0 saturated heterocycles. The summed E-state index contributed by atoms with van der Waals surface area (Å²) in [6, 6.07) is 9.79. The van der Waals surface area contributed by atoms with Crippen LogP contribution in [0, 0.1) is 11.6 Å². The Bertz CT molecular complexity index is 1250. The summed E-state index contributed by atoms with van der Waals surface area (Å²) in [5.74, 6) is -1.00. The van der Waals surface area contributed by atoms with E-state index in [1.54, 1.807) is 18.2 Å². The van der Waals surface area contributed by atoms with Crippen LogP contribution in [0.15, 0.2) is 53.1 Å². The minimum absolute atomic E-state index is 0.0132. The number of hydrogen-bond acceptors (Lipinski definition) is 6. The van der Waals surface area contributed by atoms with Crippen LogP contribution in [0.5, 0.6) is 0 Å². The molecule has 9 heteroatoms. The molecule has 31 heavy (non-hydrogen) atoms. The van der Waals surface area contributed by atoms with Crippen LogP contribution in [0.25, 0.3) is 16.5 Å². The third-order valence-electron chi connectivity index (χ3n) is 4.99. The van der Waals surface area contributed by atoms with E-state index in [0.29, 0.717) is 18.9 Å². The van der Waals surface area contributed by atoms with E-state index >= 15 is 0 Å². The van der Waals surface area contributed by atoms with Gasteiger partial charge in [-0.3, -0.25) is 9.59 Å². The predicted molar refractivity (Wildman–Crippen MR) is 115 cm³/mol. The van der Waals surface area contributed by atoms with Crippen LogP contribution in [0.4, 0.5) is 14.5 Å². The Kier molecular flexibility index (Phi) is 5.51. The van der Waals surface area contributed by atoms with Crippen LogP contribution in [0.1, 0.15) is 5.82 Å². The number of halogens is 2. The minimum Gasteiger partial charge on any atom is -0.369 e. The van der Waals surface area contributed by atoms with Gasteiger partial charge < -0.3 is 20.1 Å². The number of rotatable bonds is 6. The standard InChI is InChI=1S/C22H21F2N5O2/c1-28(2)10-9-25-21-19(18(30)12-29(21)17-6-4-3-5-15(17)24)20-26-16-11-13(23)7-8-14(16)22(31)27-20/h3-8,11,25H,9-10,12H2,1-2H3,(H,26,27,31). The van der Waals surface area contributed by atoms with E-state index in [1.807, 2.05) is 19.0 Å². The van der Waals surface area contributed by atoms with Crippen molar-refractivity contribution in [2.24, 2.45) is 0 Å². The Morgan fingerprint density at radius 2 is 1.94 bits per heavy atom. The van der Waals surface area contributed by atoms with Crippen molar-refractivity contribution in [1.82, 2.24) is 20.2 Å². The van der Waals surface area contributed by atoms with Crippen LogP contribution in [0.3, 0.4) is 0 Å². The molecular weight excluding hydrogens is 404 g/mol. The quantitative estimate of drug-likeness (QED) is 0.630. The van der Waals surface area contributed by atoms with Gasteiger partial charge in [0.1, 0.15) is 28.9 Å². The molecule has 0 atom stereocenters. The van der Waals surface area contributed by atoms with Crippen molar-refractivity contribution in [2.45, 2.75) is 0 Å². The second kappa shape index (κ2) is 8.27. The van der Waals surface area contributed by atoms with Gasteiger partial charge in [0.05, 0.1) is 23.1 Å². The molecule has 0 amide bonds. The van der Waals surface area contributed by atoms with E-state index in [-0.39, 0.29) is 40.3 Å². The second-order valence-corrected chi connectivity index (χ2v) is 7.49. The summed E-state index contributed by atoms with van der Waals surface area (Å²) in [5, 5.41) is 3.40. The van der Waals surface area contributed by atoms with Crippen molar-refractivity contribution in [3.8, 4) is 0 Å². The Balaban J connectivity index is 1.87. The van der Waals surface area contributed by atoms with Gasteiger partial charge in [-0.15, -0.1) is 0 Å². The molecule has 1 aliphatic rings. The number of fused-ring (bicyclic) bond motifs is 1. The topological polar surface area (TPSA) is 81.3 Å². The zero-order valence-electron chi connectivity index (χ0n) is 17.1. The highest BCUT2D eigenvalue weighted by Crippen LogP contribution is 2.31. The molecule has 4 rings (SSSR count). The number of H-pyrrole nitrogens is 1. The van der Waals surface area contributed by atoms with Crippen molar-refractivity contribution in [2.75, 3.05) is 38.6 Å². The summed E-state index contributed by atoms with van der Waals surface area (Å²) < 4.78 is 28.2. The van der Waals surface area contributed by atoms with E-state index in [1.165, 1.54) is 23.1 Å². The molecule has 0 aliphatic carbocycles. The van der Waals surface area contributed by atoms with Gasteiger partial charge in [0.25, 0.3) is 5.56 Å². The Hall–Kier alpha value is -3.59. The van der Waals surface area contributed by atoms with Gasteiger partial charge >= 0.3 is 0 Å². The summed E-state index contributed by atoms with van der Waals surface area (Å²) in [7, 11) is 3.81. The number of carbonyl (C=O) groups is 1. The highest BCUT2D eigenvalue weighted by atomic mass is 19.1. The predicted octanol–water partition coefficient (Wildman–Crippen LogP) is 2.11. The first-order chi connectivity index (χ1) is 14.8. The highest BCUT2D eigenvalue weighted by Gasteiger charge is 2.34. The Morgan fingerprint density at radius 1 is 1.16 bits per heavy atom. The molecule has 0 radical (unpaired) electrons. The van der Waals surface area contributed by atoms with Gasteiger partial charge in [0.2, 0.25) is 0 Å². The third kappa shape index (κ3) is 4.04. The fourth-order valence-corrected chi connectivity index (χ4v) is 3.50. The van der Waals surface area contributed by atoms with Gasteiger partial charge in [0.15, 0.2) is 5.78 Å². The van der Waals surface area contributed by atoms with Gasteiger partial charge in [0, 0.05) is 19.2 Å². The average Bonchev–Trinajstić information content (AvgIpc) is 3.03. The second-order valence-electron chi connectivity index (χ2n) is 7.49. The molecule has 0 bridgehead atoms. The van der Waals surface area contributed by atoms with Gasteiger partial charge in [-0.25, -0.2) is 13.8 Å². The van der Waals surface area contributed by atoms with Crippen molar-refractivity contribution >= 4 is 27.9 Å². The summed E-state index contributed by atoms with van der Waals surface area (Å²) in [6.07, 6.45) is 0. The summed E-state index contributed by atoms with van der Waals surface area (Å²) >= 11 is 0. The van der Waals surface area contributed by atoms with Crippen molar-refractivity contribution < 1.29 is 13.6 Å². The Labute approximate surface area is 177 Å². The molecule has 7 nitrogen and oxygen atoms in total. The van der Waals surface area contributed by atoms with Crippen molar-refractivity contribution in [3.05, 3.63) is 76.1 Å². The lowest BCUT2D eigenvalue weighted by Crippen LogP contribution is -2.34. The van der Waals surface area contributed by atoms with Crippen LogP contribution >= 0.6 is 0 Å². The van der Waals surface area contributed by atoms with Crippen molar-refractivity contribution in [1.29, 1.82) is 0 Å². The molecule has 0 spiro atoms. The molecule has 160 valence electrons. The van der Waals surface area contributed by atoms with Crippen LogP contribution in [-0.2, 0) is 4.79 Å². The normalized spacial score (nSPS) is 14.2. The zero-order chi connectivity index (χ0) is 22.1. The van der Waals surface area contributed by atoms with Crippen molar-refractivity contribution in [3.63, 3.8) is 0 Å². The Morgan fingerprint density at radius 3 is 2.68 bits per heavy atom. The number of ketones is 1. The molecule has 1 aromatic heterocycles. The summed E-state index contributed by atoms with van der Waals surface area (Å²) in [6.45, 7) is 1.00. The minimum atomic E-state index is -0.541. The summed E-state index contributed by atoms with van der Waals surface area (Å²) in [5.41, 5.74) is 0.00553. The lowest BCUT2D eigenvalue weighted by molar-refractivity contribution is -0.112. The fourth-order valence-electron chi connectivity index (χ4n) is 3.50. The SMILES string of the molecule is CN(C)CCNC1=C(c2nc3cc(F)ccc3c(=O)[nH]2)C(=O)CN1c1ccccc1F. The smallest absolute Gasteiger partial charge is 0.259 e. The zero-order valence-corrected chi connectivity index (χ0v) is 17.1. The maximum absolute atomic E-state index is 14.5. The maximum atomic E-state index is 14.5. The number of benzene rings is 2. The molecule has 0 fully saturated rings. The van der Waals surface area contributed by atoms with Gasteiger partial charge in [-0.05, 0) is 38.4 Å². The number of para-hydroxylation sites is 1. The largest absolute Gasteiger partial charge is 0.369 e. The molecule has 2 heterocycles. The van der Waals surface area contributed by atoms with E-state index in [2.05, 4.69) is 15.3 Å². The van der Waals surface area contributed by atoms with Crippen LogP contribution < -0.4 is 15.8 Å². The molecule has 1 aliphatic heterocycles. The van der Waals surface area contributed by atoms with Crippen LogP contribution in [-0.4, -0.2) is 54.4 Å². The number of nitrogens with one attached hydrogen (secondary N) is 2. The monoisotopic (exact) mass is 425 g/mol. The number of nitrogens with zero attached hydrogens (tertiary/aromatic N) is 3. The first kappa shape index (κ1) is 20.7. The van der Waals surface area contributed by atoms with E-state index in [4.69, 9.17) is 0 Å². The van der Waals surface area contributed by atoms with E-state index < -0.39 is 17.2 Å². The summed E-state index contributed by atoms with van der Waals surface area (Å²) in [4.78, 5) is 35.9. The molecule has 0 unspecified atom stereocenters. The number of hydrogen-bond donors (Lipinski definition) is 2. The van der Waals surface area contributed by atoms with E-state index in [9.17, 15) is 18.4 Å². The van der Waals surface area contributed by atoms with E-state index in [0.717, 1.165) is 6.07 Å². The number of Topliss-reactive ketones (excluding diaryl/α,β-unsaturated/α-hetero) is 1. The van der Waals surface area contributed by atoms with Crippen LogP contribution in [0.2, 0.25) is 0 Å². The third-order valence-corrected chi connectivity index (χ3v) is 4.99. The highest BCUT2D eigenvalue weighted by molar-refractivity contribution is 6.26. The molecule has 0 saturated carbocycles. The van der Waals surface area contributed by atoms with Gasteiger partial charge in [-0.1, -0.05) is 12.1 Å². The molecule has 2 N–H and O–H groups in total. The lowest BCUT2D eigenvalue weighted by Gasteiger charge is -2.24. The number of aromatic amines is 1. The molecule has 3 aromatic rings. The first-order valence-corrected chi connectivity index (χ1v) is 9.73. The lowest BCUT2D eigenvalue weighted by atomic mass is 10.1. The van der Waals surface area contributed by atoms with Gasteiger partial charge in [-0.2, -0.15) is 0 Å². The maximum Gasteiger partial charge on any atom is 0.259 e. The molecule has 2 aromatic carbocycles. The number of anilines is 1. The average molecular weight is 425 g/mol. The fraction of sp³-hybridized carbons (Fsp3) is 0.227. The first-order valence-electron chi connectivity index (χ1n) is 9.73.